The number of thioether (sulfide) groups is 1. The molecule has 0 radical (unpaired) electrons. The zero-order valence-electron chi connectivity index (χ0n) is 13.2. The molecule has 4 heteroatoms. The van der Waals surface area contributed by atoms with Gasteiger partial charge in [-0.2, -0.15) is 0 Å². The summed E-state index contributed by atoms with van der Waals surface area (Å²) in [5, 5.41) is -0.145. The van der Waals surface area contributed by atoms with E-state index in [-0.39, 0.29) is 11.2 Å². The summed E-state index contributed by atoms with van der Waals surface area (Å²) in [5.74, 6) is 0.942. The van der Waals surface area contributed by atoms with Gasteiger partial charge in [-0.1, -0.05) is 18.2 Å². The Morgan fingerprint density at radius 3 is 2.32 bits per heavy atom. The van der Waals surface area contributed by atoms with Crippen LogP contribution in [-0.2, 0) is 4.79 Å². The van der Waals surface area contributed by atoms with Crippen molar-refractivity contribution >= 4 is 23.4 Å². The van der Waals surface area contributed by atoms with Crippen LogP contribution in [0.1, 0.15) is 13.8 Å². The standard InChI is InChI=1S/C18H21NO2S/c1-4-19(15-8-6-5-7-9-15)18(20)14(2)22-17-12-10-16(21-3)11-13-17/h5-14H,4H2,1-3H3. The molecule has 3 nitrogen and oxygen atoms in total. The molecular weight excluding hydrogens is 294 g/mol. The van der Waals surface area contributed by atoms with Crippen molar-refractivity contribution in [2.24, 2.45) is 0 Å². The lowest BCUT2D eigenvalue weighted by Gasteiger charge is -2.24. The van der Waals surface area contributed by atoms with Gasteiger partial charge in [-0.3, -0.25) is 4.79 Å². The Morgan fingerprint density at radius 1 is 1.14 bits per heavy atom. The van der Waals surface area contributed by atoms with E-state index in [0.29, 0.717) is 6.54 Å². The van der Waals surface area contributed by atoms with Gasteiger partial charge in [0.05, 0.1) is 12.4 Å². The number of rotatable bonds is 6. The van der Waals surface area contributed by atoms with Crippen molar-refractivity contribution in [3.8, 4) is 5.75 Å². The molecule has 0 aliphatic carbocycles. The monoisotopic (exact) mass is 315 g/mol. The molecule has 0 N–H and O–H groups in total. The van der Waals surface area contributed by atoms with Crippen LogP contribution in [0.2, 0.25) is 0 Å². The summed E-state index contributed by atoms with van der Waals surface area (Å²) in [4.78, 5) is 15.6. The van der Waals surface area contributed by atoms with E-state index in [1.165, 1.54) is 0 Å². The zero-order chi connectivity index (χ0) is 15.9. The lowest BCUT2D eigenvalue weighted by atomic mass is 10.2. The molecule has 0 fully saturated rings. The van der Waals surface area contributed by atoms with Crippen molar-refractivity contribution < 1.29 is 9.53 Å². The van der Waals surface area contributed by atoms with Gasteiger partial charge in [0.2, 0.25) is 5.91 Å². The van der Waals surface area contributed by atoms with Crippen molar-refractivity contribution in [2.45, 2.75) is 24.0 Å². The number of para-hydroxylation sites is 1. The van der Waals surface area contributed by atoms with E-state index in [2.05, 4.69) is 0 Å². The van der Waals surface area contributed by atoms with E-state index in [4.69, 9.17) is 4.74 Å². The fourth-order valence-corrected chi connectivity index (χ4v) is 3.13. The highest BCUT2D eigenvalue weighted by Gasteiger charge is 2.21. The predicted molar refractivity (Wildman–Crippen MR) is 92.8 cm³/mol. The second kappa shape index (κ2) is 7.90. The molecule has 1 atom stereocenters. The first-order valence-corrected chi connectivity index (χ1v) is 8.20. The van der Waals surface area contributed by atoms with Gasteiger partial charge >= 0.3 is 0 Å². The fraction of sp³-hybridized carbons (Fsp3) is 0.278. The highest BCUT2D eigenvalue weighted by atomic mass is 32.2. The second-order valence-electron chi connectivity index (χ2n) is 4.85. The van der Waals surface area contributed by atoms with Crippen LogP contribution < -0.4 is 9.64 Å². The molecular formula is C18H21NO2S. The number of carbonyl (C=O) groups excluding carboxylic acids is 1. The number of amides is 1. The number of anilines is 1. The molecule has 0 aliphatic heterocycles. The number of hydrogen-bond acceptors (Lipinski definition) is 3. The molecule has 2 rings (SSSR count). The Kier molecular flexibility index (Phi) is 5.90. The topological polar surface area (TPSA) is 29.5 Å². The molecule has 1 unspecified atom stereocenters. The Labute approximate surface area is 136 Å². The lowest BCUT2D eigenvalue weighted by molar-refractivity contribution is -0.117. The van der Waals surface area contributed by atoms with Crippen LogP contribution in [0.3, 0.4) is 0 Å². The Bertz CT molecular complexity index is 598. The van der Waals surface area contributed by atoms with Crippen LogP contribution in [0, 0.1) is 0 Å². The molecule has 0 aliphatic rings. The minimum atomic E-state index is -0.145. The molecule has 2 aromatic rings. The average molecular weight is 315 g/mol. The second-order valence-corrected chi connectivity index (χ2v) is 6.27. The molecule has 0 aromatic heterocycles. The third-order valence-corrected chi connectivity index (χ3v) is 4.47. The number of benzene rings is 2. The van der Waals surface area contributed by atoms with Crippen molar-refractivity contribution in [3.05, 3.63) is 54.6 Å². The fourth-order valence-electron chi connectivity index (χ4n) is 2.20. The van der Waals surface area contributed by atoms with E-state index in [0.717, 1.165) is 16.3 Å². The van der Waals surface area contributed by atoms with Gasteiger partial charge in [-0.05, 0) is 50.2 Å². The van der Waals surface area contributed by atoms with Crippen molar-refractivity contribution in [1.82, 2.24) is 0 Å². The number of hydrogen-bond donors (Lipinski definition) is 0. The molecule has 116 valence electrons. The minimum Gasteiger partial charge on any atom is -0.497 e. The molecule has 0 saturated heterocycles. The molecule has 0 bridgehead atoms. The maximum Gasteiger partial charge on any atom is 0.240 e. The summed E-state index contributed by atoms with van der Waals surface area (Å²) in [7, 11) is 1.65. The molecule has 22 heavy (non-hydrogen) atoms. The summed E-state index contributed by atoms with van der Waals surface area (Å²) in [5.41, 5.74) is 0.942. The number of ether oxygens (including phenoxy) is 1. The van der Waals surface area contributed by atoms with E-state index in [9.17, 15) is 4.79 Å². The summed E-state index contributed by atoms with van der Waals surface area (Å²) < 4.78 is 5.15. The highest BCUT2D eigenvalue weighted by Crippen LogP contribution is 2.27. The van der Waals surface area contributed by atoms with Crippen LogP contribution in [0.4, 0.5) is 5.69 Å². The van der Waals surface area contributed by atoms with E-state index in [1.807, 2.05) is 73.3 Å². The quantitative estimate of drug-likeness (QED) is 0.747. The minimum absolute atomic E-state index is 0.120. The van der Waals surface area contributed by atoms with Crippen molar-refractivity contribution in [3.63, 3.8) is 0 Å². The van der Waals surface area contributed by atoms with Crippen molar-refractivity contribution in [1.29, 1.82) is 0 Å². The first-order chi connectivity index (χ1) is 10.7. The molecule has 0 saturated carbocycles. The van der Waals surface area contributed by atoms with Crippen LogP contribution in [-0.4, -0.2) is 24.8 Å². The smallest absolute Gasteiger partial charge is 0.240 e. The molecule has 2 aromatic carbocycles. The normalized spacial score (nSPS) is 11.8. The number of nitrogens with zero attached hydrogens (tertiary/aromatic N) is 1. The molecule has 1 amide bonds. The van der Waals surface area contributed by atoms with Gasteiger partial charge in [0, 0.05) is 17.1 Å². The Hall–Kier alpha value is -1.94. The predicted octanol–water partition coefficient (Wildman–Crippen LogP) is 4.23. The van der Waals surface area contributed by atoms with Crippen molar-refractivity contribution in [2.75, 3.05) is 18.6 Å². The maximum absolute atomic E-state index is 12.7. The van der Waals surface area contributed by atoms with Crippen LogP contribution >= 0.6 is 11.8 Å². The van der Waals surface area contributed by atoms with E-state index < -0.39 is 0 Å². The lowest BCUT2D eigenvalue weighted by Crippen LogP contribution is -2.36. The van der Waals surface area contributed by atoms with Gasteiger partial charge in [0.25, 0.3) is 0 Å². The number of carbonyl (C=O) groups is 1. The highest BCUT2D eigenvalue weighted by molar-refractivity contribution is 8.00. The van der Waals surface area contributed by atoms with E-state index in [1.54, 1.807) is 18.9 Å². The summed E-state index contributed by atoms with van der Waals surface area (Å²) in [6, 6.07) is 17.6. The molecule has 0 spiro atoms. The Balaban J connectivity index is 2.06. The maximum atomic E-state index is 12.7. The van der Waals surface area contributed by atoms with Gasteiger partial charge in [0.15, 0.2) is 0 Å². The average Bonchev–Trinajstić information content (AvgIpc) is 2.57. The van der Waals surface area contributed by atoms with Gasteiger partial charge in [-0.15, -0.1) is 11.8 Å². The van der Waals surface area contributed by atoms with Crippen LogP contribution in [0.5, 0.6) is 5.75 Å². The summed E-state index contributed by atoms with van der Waals surface area (Å²) in [6.45, 7) is 4.61. The van der Waals surface area contributed by atoms with Crippen LogP contribution in [0.25, 0.3) is 0 Å². The third kappa shape index (κ3) is 4.04. The largest absolute Gasteiger partial charge is 0.497 e. The van der Waals surface area contributed by atoms with Crippen LogP contribution in [0.15, 0.2) is 59.5 Å². The zero-order valence-corrected chi connectivity index (χ0v) is 14.0. The summed E-state index contributed by atoms with van der Waals surface area (Å²) in [6.07, 6.45) is 0. The third-order valence-electron chi connectivity index (χ3n) is 3.37. The SMILES string of the molecule is CCN(C(=O)C(C)Sc1ccc(OC)cc1)c1ccccc1. The van der Waals surface area contributed by atoms with E-state index >= 15 is 0 Å². The van der Waals surface area contributed by atoms with Gasteiger partial charge in [-0.25, -0.2) is 0 Å². The van der Waals surface area contributed by atoms with Gasteiger partial charge < -0.3 is 9.64 Å². The summed E-state index contributed by atoms with van der Waals surface area (Å²) >= 11 is 1.56. The van der Waals surface area contributed by atoms with Gasteiger partial charge in [0.1, 0.15) is 5.75 Å². The number of methoxy groups -OCH3 is 1. The Morgan fingerprint density at radius 2 is 1.77 bits per heavy atom. The first kappa shape index (κ1) is 16.4. The first-order valence-electron chi connectivity index (χ1n) is 7.32. The molecule has 0 heterocycles.